The molecule has 1 N–H and O–H groups in total. The molecule has 7 heteroatoms. The Morgan fingerprint density at radius 1 is 0.926 bits per heavy atom. The van der Waals surface area contributed by atoms with Crippen LogP contribution in [-0.4, -0.2) is 20.1 Å². The second-order valence-corrected chi connectivity index (χ2v) is 7.21. The highest BCUT2D eigenvalue weighted by Gasteiger charge is 2.09. The topological polar surface area (TPSA) is 77.2 Å². The molecule has 0 fully saturated rings. The van der Waals surface area contributed by atoms with Crippen LogP contribution in [0.1, 0.15) is 0 Å². The van der Waals surface area contributed by atoms with Crippen LogP contribution in [0.2, 0.25) is 0 Å². The largest absolute Gasteiger partial charge is 0.508 e. The molecular weight excluding hydrogens is 361 g/mol. The van der Waals surface area contributed by atoms with Gasteiger partial charge in [0, 0.05) is 16.9 Å². The Hall–Kier alpha value is -3.37. The zero-order chi connectivity index (χ0) is 18.6. The van der Waals surface area contributed by atoms with E-state index >= 15 is 0 Å². The molecule has 0 amide bonds. The zero-order valence-electron chi connectivity index (χ0n) is 14.2. The minimum Gasteiger partial charge on any atom is -0.508 e. The second-order valence-electron chi connectivity index (χ2n) is 5.85. The predicted octanol–water partition coefficient (Wildman–Crippen LogP) is 3.82. The molecule has 3 aromatic carbocycles. The summed E-state index contributed by atoms with van der Waals surface area (Å²) in [5.74, 6) is 0.665. The molecule has 134 valence electrons. The highest BCUT2D eigenvalue weighted by molar-refractivity contribution is 7.48. The summed E-state index contributed by atoms with van der Waals surface area (Å²) in [7, 11) is -2.38. The van der Waals surface area contributed by atoms with Crippen LogP contribution in [0.15, 0.2) is 85.1 Å². The Bertz CT molecular complexity index is 1100. The van der Waals surface area contributed by atoms with Gasteiger partial charge in [0.15, 0.2) is 0 Å². The number of aromatic hydroxyl groups is 1. The minimum atomic E-state index is -2.38. The van der Waals surface area contributed by atoms with Crippen molar-refractivity contribution in [2.75, 3.05) is 0 Å². The number of phenolic OH excluding ortho intramolecular Hbond substituents is 1. The fourth-order valence-corrected chi connectivity index (χ4v) is 3.54. The van der Waals surface area contributed by atoms with Gasteiger partial charge in [0.05, 0.1) is 11.9 Å². The van der Waals surface area contributed by atoms with Gasteiger partial charge in [0.25, 0.3) is 8.03 Å². The summed E-state index contributed by atoms with van der Waals surface area (Å²) < 4.78 is 19.6. The molecule has 0 spiro atoms. The van der Waals surface area contributed by atoms with E-state index in [-0.39, 0.29) is 5.75 Å². The maximum Gasteiger partial charge on any atom is 0.265 e. The fraction of sp³-hybridized carbons (Fsp3) is 0. The van der Waals surface area contributed by atoms with Gasteiger partial charge in [-0.3, -0.25) is 4.57 Å². The molecule has 1 atom stereocenters. The normalized spacial score (nSPS) is 11.9. The van der Waals surface area contributed by atoms with E-state index in [1.807, 2.05) is 30.3 Å². The number of hydrogen-bond acceptors (Lipinski definition) is 5. The second kappa shape index (κ2) is 7.48. The Labute approximate surface area is 156 Å². The van der Waals surface area contributed by atoms with Crippen molar-refractivity contribution < 1.29 is 14.2 Å². The average Bonchev–Trinajstić information content (AvgIpc) is 3.19. The van der Waals surface area contributed by atoms with Crippen molar-refractivity contribution in [3.05, 3.63) is 85.1 Å². The lowest BCUT2D eigenvalue weighted by Gasteiger charge is -2.08. The third-order valence-corrected chi connectivity index (χ3v) is 5.16. The number of nitrogens with zero attached hydrogens (tertiary/aromatic N) is 3. The molecule has 0 aliphatic carbocycles. The predicted molar refractivity (Wildman–Crippen MR) is 104 cm³/mol. The van der Waals surface area contributed by atoms with E-state index in [4.69, 9.17) is 4.52 Å². The van der Waals surface area contributed by atoms with Crippen LogP contribution in [0.3, 0.4) is 0 Å². The quantitative estimate of drug-likeness (QED) is 0.535. The molecule has 6 nitrogen and oxygen atoms in total. The summed E-state index contributed by atoms with van der Waals surface area (Å²) in [6, 6.07) is 23.1. The third-order valence-electron chi connectivity index (χ3n) is 3.94. The summed E-state index contributed by atoms with van der Waals surface area (Å²) in [5, 5.41) is 18.6. The molecule has 0 radical (unpaired) electrons. The van der Waals surface area contributed by atoms with Gasteiger partial charge < -0.3 is 9.63 Å². The van der Waals surface area contributed by atoms with Crippen LogP contribution in [0.5, 0.6) is 11.5 Å². The Morgan fingerprint density at radius 2 is 1.74 bits per heavy atom. The fourth-order valence-electron chi connectivity index (χ4n) is 2.62. The first-order valence-corrected chi connectivity index (χ1v) is 9.60. The van der Waals surface area contributed by atoms with Crippen molar-refractivity contribution in [2.45, 2.75) is 0 Å². The van der Waals surface area contributed by atoms with Crippen molar-refractivity contribution >= 4 is 13.3 Å². The highest BCUT2D eigenvalue weighted by atomic mass is 31.1. The van der Waals surface area contributed by atoms with E-state index in [0.717, 1.165) is 11.3 Å². The van der Waals surface area contributed by atoms with Gasteiger partial charge in [-0.25, -0.2) is 4.68 Å². The molecule has 0 aliphatic heterocycles. The van der Waals surface area contributed by atoms with E-state index in [1.165, 1.54) is 0 Å². The van der Waals surface area contributed by atoms with Gasteiger partial charge in [0.2, 0.25) is 0 Å². The number of rotatable bonds is 5. The van der Waals surface area contributed by atoms with E-state index in [0.29, 0.717) is 16.7 Å². The van der Waals surface area contributed by atoms with Gasteiger partial charge in [-0.1, -0.05) is 41.6 Å². The molecule has 1 aromatic heterocycles. The Morgan fingerprint density at radius 3 is 2.56 bits per heavy atom. The number of aromatic nitrogens is 3. The summed E-state index contributed by atoms with van der Waals surface area (Å²) in [6.07, 6.45) is 1.76. The lowest BCUT2D eigenvalue weighted by molar-refractivity contribution is 0.475. The molecule has 4 rings (SSSR count). The van der Waals surface area contributed by atoms with E-state index in [9.17, 15) is 9.67 Å². The standard InChI is InChI=1S/C20H16N3O3P/c24-17-8-4-6-15(12-17)20-14-23(22-21-20)16-7-5-9-18(13-16)26-27(25)19-10-2-1-3-11-19/h1-14,24,27H. The molecule has 4 aromatic rings. The van der Waals surface area contributed by atoms with E-state index in [2.05, 4.69) is 10.3 Å². The van der Waals surface area contributed by atoms with Crippen LogP contribution >= 0.6 is 8.03 Å². The molecule has 0 aliphatic rings. The van der Waals surface area contributed by atoms with Gasteiger partial charge in [-0.2, -0.15) is 0 Å². The number of benzene rings is 3. The maximum absolute atomic E-state index is 12.4. The van der Waals surface area contributed by atoms with Crippen LogP contribution in [-0.2, 0) is 4.57 Å². The van der Waals surface area contributed by atoms with Crippen molar-refractivity contribution in [3.63, 3.8) is 0 Å². The summed E-state index contributed by atoms with van der Waals surface area (Å²) in [4.78, 5) is 0. The van der Waals surface area contributed by atoms with Crippen LogP contribution < -0.4 is 9.83 Å². The lowest BCUT2D eigenvalue weighted by Crippen LogP contribution is -1.99. The van der Waals surface area contributed by atoms with Crippen LogP contribution in [0, 0.1) is 0 Å². The third kappa shape index (κ3) is 3.91. The Balaban J connectivity index is 1.57. The van der Waals surface area contributed by atoms with Crippen LogP contribution in [0.25, 0.3) is 16.9 Å². The summed E-state index contributed by atoms with van der Waals surface area (Å²) in [5.41, 5.74) is 2.13. The molecule has 0 saturated heterocycles. The number of hydrogen-bond donors (Lipinski definition) is 1. The summed E-state index contributed by atoms with van der Waals surface area (Å²) >= 11 is 0. The number of phenols is 1. The van der Waals surface area contributed by atoms with Gasteiger partial charge in [-0.15, -0.1) is 5.10 Å². The molecule has 1 unspecified atom stereocenters. The molecule has 1 heterocycles. The lowest BCUT2D eigenvalue weighted by atomic mass is 10.1. The minimum absolute atomic E-state index is 0.170. The molecule has 0 saturated carbocycles. The first-order chi connectivity index (χ1) is 13.2. The molecule has 0 bridgehead atoms. The van der Waals surface area contributed by atoms with Crippen molar-refractivity contribution in [1.29, 1.82) is 0 Å². The van der Waals surface area contributed by atoms with Gasteiger partial charge >= 0.3 is 0 Å². The highest BCUT2D eigenvalue weighted by Crippen LogP contribution is 2.28. The SMILES string of the molecule is O=[PH](Oc1cccc(-n2cc(-c3cccc(O)c3)nn2)c1)c1ccccc1. The van der Waals surface area contributed by atoms with Crippen molar-refractivity contribution in [2.24, 2.45) is 0 Å². The maximum atomic E-state index is 12.4. The summed E-state index contributed by atoms with van der Waals surface area (Å²) in [6.45, 7) is 0. The monoisotopic (exact) mass is 377 g/mol. The van der Waals surface area contributed by atoms with Gasteiger partial charge in [-0.05, 0) is 36.4 Å². The van der Waals surface area contributed by atoms with Crippen molar-refractivity contribution in [1.82, 2.24) is 15.0 Å². The van der Waals surface area contributed by atoms with Gasteiger partial charge in [0.1, 0.15) is 17.2 Å². The zero-order valence-corrected chi connectivity index (χ0v) is 15.2. The smallest absolute Gasteiger partial charge is 0.265 e. The molecule has 27 heavy (non-hydrogen) atoms. The first-order valence-electron chi connectivity index (χ1n) is 8.28. The Kier molecular flexibility index (Phi) is 4.73. The first kappa shape index (κ1) is 17.1. The molecular formula is C20H16N3O3P. The van der Waals surface area contributed by atoms with E-state index in [1.54, 1.807) is 59.4 Å². The van der Waals surface area contributed by atoms with Crippen LogP contribution in [0.4, 0.5) is 0 Å². The average molecular weight is 377 g/mol. The van der Waals surface area contributed by atoms with E-state index < -0.39 is 8.03 Å². The van der Waals surface area contributed by atoms with Crippen molar-refractivity contribution in [3.8, 4) is 28.4 Å².